The second kappa shape index (κ2) is 14.1. The fourth-order valence-electron chi connectivity index (χ4n) is 4.66. The standard InChI is InChI=1S/C33H33Cl2N3O4S/c1-23-9-13-26(14-10-23)21-37(31(33(40)36-3)17-25-7-5-4-6-8-25)32(39)22-38(29-19-27(34)18-28(35)20-29)43(41,42)30-15-11-24(2)12-16-30/h4-16,18-20,31H,17,21-22H2,1-3H3,(H,36,40). The third-order valence-corrected chi connectivity index (χ3v) is 9.24. The normalized spacial score (nSPS) is 11.9. The summed E-state index contributed by atoms with van der Waals surface area (Å²) in [4.78, 5) is 29.1. The summed E-state index contributed by atoms with van der Waals surface area (Å²) in [7, 11) is -2.74. The van der Waals surface area contributed by atoms with Gasteiger partial charge >= 0.3 is 0 Å². The number of hydrogen-bond acceptors (Lipinski definition) is 4. The molecule has 7 nitrogen and oxygen atoms in total. The van der Waals surface area contributed by atoms with Gasteiger partial charge in [0.15, 0.2) is 0 Å². The number of likely N-dealkylation sites (N-methyl/N-ethyl adjacent to an activating group) is 1. The first-order chi connectivity index (χ1) is 20.5. The molecule has 2 amide bonds. The lowest BCUT2D eigenvalue weighted by molar-refractivity contribution is -0.139. The highest BCUT2D eigenvalue weighted by molar-refractivity contribution is 7.92. The van der Waals surface area contributed by atoms with E-state index in [9.17, 15) is 18.0 Å². The first-order valence-electron chi connectivity index (χ1n) is 13.6. The molecule has 0 aliphatic rings. The van der Waals surface area contributed by atoms with Crippen LogP contribution in [0.15, 0.2) is 102 Å². The van der Waals surface area contributed by atoms with Gasteiger partial charge in [0.05, 0.1) is 10.6 Å². The summed E-state index contributed by atoms with van der Waals surface area (Å²) in [6.45, 7) is 3.29. The quantitative estimate of drug-likeness (QED) is 0.212. The molecule has 4 rings (SSSR count). The lowest BCUT2D eigenvalue weighted by Crippen LogP contribution is -2.53. The predicted molar refractivity (Wildman–Crippen MR) is 172 cm³/mol. The third-order valence-electron chi connectivity index (χ3n) is 7.01. The van der Waals surface area contributed by atoms with E-state index in [2.05, 4.69) is 5.32 Å². The maximum atomic E-state index is 14.3. The van der Waals surface area contributed by atoms with Crippen LogP contribution in [0.2, 0.25) is 10.0 Å². The molecule has 0 saturated heterocycles. The Morgan fingerprint density at radius 1 is 0.791 bits per heavy atom. The molecule has 0 aliphatic carbocycles. The van der Waals surface area contributed by atoms with Crippen LogP contribution in [0, 0.1) is 13.8 Å². The number of hydrogen-bond donors (Lipinski definition) is 1. The zero-order valence-corrected chi connectivity index (χ0v) is 26.5. The summed E-state index contributed by atoms with van der Waals surface area (Å²) in [6.07, 6.45) is 0.228. The summed E-state index contributed by atoms with van der Waals surface area (Å²) in [5, 5.41) is 3.10. The van der Waals surface area contributed by atoms with Crippen molar-refractivity contribution in [3.05, 3.63) is 129 Å². The van der Waals surface area contributed by atoms with Gasteiger partial charge in [0.25, 0.3) is 10.0 Å². The zero-order valence-electron chi connectivity index (χ0n) is 24.1. The molecule has 224 valence electrons. The molecule has 0 aliphatic heterocycles. The smallest absolute Gasteiger partial charge is 0.264 e. The molecule has 0 aromatic heterocycles. The average Bonchev–Trinajstić information content (AvgIpc) is 2.98. The Hall–Kier alpha value is -3.85. The number of nitrogens with zero attached hydrogens (tertiary/aromatic N) is 2. The van der Waals surface area contributed by atoms with Crippen molar-refractivity contribution in [1.29, 1.82) is 0 Å². The van der Waals surface area contributed by atoms with Crippen LogP contribution in [0.1, 0.15) is 22.3 Å². The molecule has 0 bridgehead atoms. The van der Waals surface area contributed by atoms with Gasteiger partial charge in [0.1, 0.15) is 12.6 Å². The molecule has 43 heavy (non-hydrogen) atoms. The molecule has 0 fully saturated rings. The van der Waals surface area contributed by atoms with Crippen molar-refractivity contribution in [3.63, 3.8) is 0 Å². The lowest BCUT2D eigenvalue weighted by Gasteiger charge is -2.33. The van der Waals surface area contributed by atoms with E-state index in [-0.39, 0.29) is 39.5 Å². The number of carbonyl (C=O) groups is 2. The SMILES string of the molecule is CNC(=O)C(Cc1ccccc1)N(Cc1ccc(C)cc1)C(=O)CN(c1cc(Cl)cc(Cl)c1)S(=O)(=O)c1ccc(C)cc1. The molecule has 10 heteroatoms. The molecular weight excluding hydrogens is 605 g/mol. The number of aryl methyl sites for hydroxylation is 2. The van der Waals surface area contributed by atoms with E-state index < -0.39 is 28.5 Å². The number of anilines is 1. The molecule has 1 atom stereocenters. The minimum Gasteiger partial charge on any atom is -0.357 e. The average molecular weight is 639 g/mol. The lowest BCUT2D eigenvalue weighted by atomic mass is 10.0. The van der Waals surface area contributed by atoms with Crippen molar-refractivity contribution < 1.29 is 18.0 Å². The largest absolute Gasteiger partial charge is 0.357 e. The van der Waals surface area contributed by atoms with E-state index in [0.29, 0.717) is 0 Å². The summed E-state index contributed by atoms with van der Waals surface area (Å²) in [6, 6.07) is 26.8. The highest BCUT2D eigenvalue weighted by Crippen LogP contribution is 2.30. The third kappa shape index (κ3) is 8.16. The molecule has 0 spiro atoms. The van der Waals surface area contributed by atoms with Crippen LogP contribution < -0.4 is 9.62 Å². The Bertz CT molecular complexity index is 1660. The van der Waals surface area contributed by atoms with Crippen molar-refractivity contribution >= 4 is 50.7 Å². The van der Waals surface area contributed by atoms with E-state index in [0.717, 1.165) is 26.6 Å². The van der Waals surface area contributed by atoms with Crippen molar-refractivity contribution in [2.75, 3.05) is 17.9 Å². The van der Waals surface area contributed by atoms with Crippen LogP contribution in [0.3, 0.4) is 0 Å². The van der Waals surface area contributed by atoms with Crippen molar-refractivity contribution in [2.45, 2.75) is 37.8 Å². The van der Waals surface area contributed by atoms with Gasteiger partial charge in [-0.25, -0.2) is 8.42 Å². The van der Waals surface area contributed by atoms with E-state index in [1.54, 1.807) is 12.1 Å². The van der Waals surface area contributed by atoms with Crippen LogP contribution in [-0.4, -0.2) is 44.8 Å². The van der Waals surface area contributed by atoms with Gasteiger partial charge in [-0.05, 0) is 55.3 Å². The molecule has 1 N–H and O–H groups in total. The van der Waals surface area contributed by atoms with Crippen molar-refractivity contribution in [1.82, 2.24) is 10.2 Å². The van der Waals surface area contributed by atoms with Gasteiger partial charge in [-0.15, -0.1) is 0 Å². The van der Waals surface area contributed by atoms with E-state index in [1.807, 2.05) is 68.4 Å². The molecule has 0 heterocycles. The number of rotatable bonds is 11. The Labute approximate surface area is 263 Å². The first-order valence-corrected chi connectivity index (χ1v) is 15.8. The summed E-state index contributed by atoms with van der Waals surface area (Å²) >= 11 is 12.6. The Morgan fingerprint density at radius 2 is 1.35 bits per heavy atom. The van der Waals surface area contributed by atoms with E-state index in [4.69, 9.17) is 23.2 Å². The second-order valence-electron chi connectivity index (χ2n) is 10.3. The number of sulfonamides is 1. The van der Waals surface area contributed by atoms with Crippen LogP contribution in [0.25, 0.3) is 0 Å². The van der Waals surface area contributed by atoms with Crippen molar-refractivity contribution in [3.8, 4) is 0 Å². The van der Waals surface area contributed by atoms with Crippen LogP contribution in [0.5, 0.6) is 0 Å². The maximum Gasteiger partial charge on any atom is 0.264 e. The summed E-state index contributed by atoms with van der Waals surface area (Å²) in [5.41, 5.74) is 3.69. The first kappa shape index (κ1) is 32.1. The number of benzene rings is 4. The van der Waals surface area contributed by atoms with Gasteiger partial charge in [-0.3, -0.25) is 13.9 Å². The highest BCUT2D eigenvalue weighted by atomic mass is 35.5. The zero-order chi connectivity index (χ0) is 31.1. The van der Waals surface area contributed by atoms with Crippen LogP contribution in [0.4, 0.5) is 5.69 Å². The Kier molecular flexibility index (Phi) is 10.5. The number of carbonyl (C=O) groups excluding carboxylic acids is 2. The molecule has 0 saturated carbocycles. The molecule has 4 aromatic rings. The van der Waals surface area contributed by atoms with Gasteiger partial charge < -0.3 is 10.2 Å². The van der Waals surface area contributed by atoms with Gasteiger partial charge in [-0.2, -0.15) is 0 Å². The summed E-state index contributed by atoms with van der Waals surface area (Å²) in [5.74, 6) is -0.944. The van der Waals surface area contributed by atoms with Crippen LogP contribution >= 0.6 is 23.2 Å². The second-order valence-corrected chi connectivity index (χ2v) is 13.0. The Balaban J connectivity index is 1.80. The van der Waals surface area contributed by atoms with E-state index >= 15 is 0 Å². The fourth-order valence-corrected chi connectivity index (χ4v) is 6.57. The number of nitrogens with one attached hydrogen (secondary N) is 1. The van der Waals surface area contributed by atoms with Crippen molar-refractivity contribution in [2.24, 2.45) is 0 Å². The fraction of sp³-hybridized carbons (Fsp3) is 0.212. The maximum absolute atomic E-state index is 14.3. The monoisotopic (exact) mass is 637 g/mol. The highest BCUT2D eigenvalue weighted by Gasteiger charge is 2.34. The minimum atomic E-state index is -4.25. The molecular formula is C33H33Cl2N3O4S. The predicted octanol–water partition coefficient (Wildman–Crippen LogP) is 6.19. The topological polar surface area (TPSA) is 86.8 Å². The molecule has 4 aromatic carbocycles. The number of halogens is 2. The Morgan fingerprint density at radius 3 is 1.91 bits per heavy atom. The molecule has 1 unspecified atom stereocenters. The van der Waals surface area contributed by atoms with Crippen LogP contribution in [-0.2, 0) is 32.6 Å². The van der Waals surface area contributed by atoms with Gasteiger partial charge in [0, 0.05) is 30.1 Å². The molecule has 0 radical (unpaired) electrons. The number of amides is 2. The summed E-state index contributed by atoms with van der Waals surface area (Å²) < 4.78 is 29.1. The van der Waals surface area contributed by atoms with Gasteiger partial charge in [0.2, 0.25) is 11.8 Å². The van der Waals surface area contributed by atoms with Gasteiger partial charge in [-0.1, -0.05) is 101 Å². The van der Waals surface area contributed by atoms with E-state index in [1.165, 1.54) is 42.3 Å². The minimum absolute atomic E-state index is 0.000723.